The molecule has 26 heavy (non-hydrogen) atoms. The Labute approximate surface area is 154 Å². The zero-order valence-electron chi connectivity index (χ0n) is 14.6. The first-order chi connectivity index (χ1) is 12.8. The number of ether oxygens (including phenoxy) is 1. The number of hydrogen-bond donors (Lipinski definition) is 0. The molecule has 2 heteroatoms. The lowest BCUT2D eigenvalue weighted by Crippen LogP contribution is -2.19. The Balaban J connectivity index is 1.55. The zero-order valence-corrected chi connectivity index (χ0v) is 14.6. The largest absolute Gasteiger partial charge is 0.464 e. The number of benzene rings is 3. The van der Waals surface area contributed by atoms with Gasteiger partial charge in [-0.1, -0.05) is 85.8 Å². The summed E-state index contributed by atoms with van der Waals surface area (Å²) in [5, 5.41) is 0. The van der Waals surface area contributed by atoms with Crippen molar-refractivity contribution in [2.75, 3.05) is 6.61 Å². The van der Waals surface area contributed by atoms with Gasteiger partial charge in [0.25, 0.3) is 0 Å². The van der Waals surface area contributed by atoms with E-state index in [9.17, 15) is 4.79 Å². The molecule has 2 nitrogen and oxygen atoms in total. The van der Waals surface area contributed by atoms with E-state index < -0.39 is 0 Å². The lowest BCUT2D eigenvalue weighted by atomic mass is 9.96. The summed E-state index contributed by atoms with van der Waals surface area (Å²) < 4.78 is 5.77. The van der Waals surface area contributed by atoms with Crippen molar-refractivity contribution in [2.24, 2.45) is 0 Å². The first-order valence-corrected chi connectivity index (χ1v) is 8.98. The molecule has 0 saturated carbocycles. The molecule has 129 valence electrons. The second-order valence-corrected chi connectivity index (χ2v) is 6.61. The molecule has 0 N–H and O–H groups in total. The molecule has 0 aromatic heterocycles. The van der Waals surface area contributed by atoms with Crippen molar-refractivity contribution < 1.29 is 9.53 Å². The van der Waals surface area contributed by atoms with E-state index in [1.165, 1.54) is 22.3 Å². The molecular formula is C24H21O2. The third-order valence-electron chi connectivity index (χ3n) is 5.13. The highest BCUT2D eigenvalue weighted by Crippen LogP contribution is 2.44. The predicted octanol–water partition coefficient (Wildman–Crippen LogP) is 5.35. The van der Waals surface area contributed by atoms with E-state index in [0.717, 1.165) is 5.56 Å². The minimum atomic E-state index is -0.317. The molecule has 1 atom stereocenters. The highest BCUT2D eigenvalue weighted by Gasteiger charge is 2.30. The van der Waals surface area contributed by atoms with Crippen molar-refractivity contribution in [3.8, 4) is 11.1 Å². The number of rotatable bonds is 5. The fourth-order valence-electron chi connectivity index (χ4n) is 3.81. The number of carbonyl (C=O) groups is 1. The van der Waals surface area contributed by atoms with E-state index in [1.54, 1.807) is 0 Å². The van der Waals surface area contributed by atoms with Gasteiger partial charge in [0.05, 0.1) is 5.92 Å². The Morgan fingerprint density at radius 2 is 1.38 bits per heavy atom. The van der Waals surface area contributed by atoms with Crippen LogP contribution in [0.25, 0.3) is 11.1 Å². The lowest BCUT2D eigenvalue weighted by Gasteiger charge is -2.18. The summed E-state index contributed by atoms with van der Waals surface area (Å²) in [6, 6.07) is 26.5. The Bertz CT molecular complexity index is 869. The fraction of sp³-hybridized carbons (Fsp3) is 0.167. The first-order valence-electron chi connectivity index (χ1n) is 8.98. The number of esters is 1. The number of fused-ring (bicyclic) bond motifs is 3. The standard InChI is InChI=1S/C24H21O2/c1-2-18(17-10-4-3-5-11-17)24(25)26-16-23-21-14-8-6-12-19(21)20-13-7-9-15-22(20)23/h3-15,18,23H,1-2,16H2/t18-/m0/s1. The van der Waals surface area contributed by atoms with Crippen LogP contribution < -0.4 is 0 Å². The van der Waals surface area contributed by atoms with E-state index in [1.807, 2.05) is 42.5 Å². The maximum Gasteiger partial charge on any atom is 0.313 e. The van der Waals surface area contributed by atoms with Crippen LogP contribution in [0.15, 0.2) is 78.9 Å². The molecule has 3 aromatic rings. The summed E-state index contributed by atoms with van der Waals surface area (Å²) in [6.45, 7) is 4.29. The van der Waals surface area contributed by atoms with Gasteiger partial charge in [0, 0.05) is 5.92 Å². The van der Waals surface area contributed by atoms with Gasteiger partial charge in [0.15, 0.2) is 0 Å². The highest BCUT2D eigenvalue weighted by molar-refractivity contribution is 5.80. The summed E-state index contributed by atoms with van der Waals surface area (Å²) in [5.74, 6) is -0.427. The smallest absolute Gasteiger partial charge is 0.313 e. The molecule has 0 unspecified atom stereocenters. The Kier molecular flexibility index (Phi) is 4.57. The van der Waals surface area contributed by atoms with Gasteiger partial charge < -0.3 is 4.74 Å². The fourth-order valence-corrected chi connectivity index (χ4v) is 3.81. The summed E-state index contributed by atoms with van der Waals surface area (Å²) in [6.07, 6.45) is 0.487. The SMILES string of the molecule is [CH2]C[C@H](C(=O)OCC1c2ccccc2-c2ccccc21)c1ccccc1. The van der Waals surface area contributed by atoms with Gasteiger partial charge in [0.1, 0.15) is 6.61 Å². The third-order valence-corrected chi connectivity index (χ3v) is 5.13. The Morgan fingerprint density at radius 3 is 1.96 bits per heavy atom. The lowest BCUT2D eigenvalue weighted by molar-refractivity contribution is -0.145. The Hall–Kier alpha value is -2.87. The highest BCUT2D eigenvalue weighted by atomic mass is 16.5. The minimum Gasteiger partial charge on any atom is -0.464 e. The van der Waals surface area contributed by atoms with Crippen LogP contribution in [0.1, 0.15) is 34.9 Å². The van der Waals surface area contributed by atoms with Crippen molar-refractivity contribution in [3.05, 3.63) is 102 Å². The molecule has 1 radical (unpaired) electrons. The Morgan fingerprint density at radius 1 is 0.846 bits per heavy atom. The molecule has 0 aliphatic heterocycles. The maximum atomic E-state index is 12.7. The van der Waals surface area contributed by atoms with Gasteiger partial charge in [-0.3, -0.25) is 4.79 Å². The summed E-state index contributed by atoms with van der Waals surface area (Å²) in [7, 11) is 0. The molecule has 0 fully saturated rings. The summed E-state index contributed by atoms with van der Waals surface area (Å²) >= 11 is 0. The number of hydrogen-bond acceptors (Lipinski definition) is 2. The van der Waals surface area contributed by atoms with Crippen LogP contribution in [-0.4, -0.2) is 12.6 Å². The predicted molar refractivity (Wildman–Crippen MR) is 104 cm³/mol. The molecule has 1 aliphatic rings. The first kappa shape index (κ1) is 16.6. The van der Waals surface area contributed by atoms with Crippen LogP contribution in [0.4, 0.5) is 0 Å². The van der Waals surface area contributed by atoms with Crippen molar-refractivity contribution in [3.63, 3.8) is 0 Å². The van der Waals surface area contributed by atoms with E-state index in [4.69, 9.17) is 4.74 Å². The van der Waals surface area contributed by atoms with Crippen molar-refractivity contribution in [2.45, 2.75) is 18.3 Å². The minimum absolute atomic E-state index is 0.0904. The molecule has 0 saturated heterocycles. The van der Waals surface area contributed by atoms with Crippen molar-refractivity contribution >= 4 is 5.97 Å². The van der Waals surface area contributed by atoms with Gasteiger partial charge in [-0.25, -0.2) is 0 Å². The average molecular weight is 341 g/mol. The van der Waals surface area contributed by atoms with Crippen LogP contribution in [0, 0.1) is 6.92 Å². The van der Waals surface area contributed by atoms with Crippen LogP contribution in [0.5, 0.6) is 0 Å². The van der Waals surface area contributed by atoms with Gasteiger partial charge in [-0.05, 0) is 34.2 Å². The van der Waals surface area contributed by atoms with E-state index >= 15 is 0 Å². The molecule has 4 rings (SSSR count). The molecular weight excluding hydrogens is 320 g/mol. The second-order valence-electron chi connectivity index (χ2n) is 6.61. The third kappa shape index (κ3) is 2.92. The van der Waals surface area contributed by atoms with Crippen LogP contribution >= 0.6 is 0 Å². The van der Waals surface area contributed by atoms with Crippen LogP contribution in [0.3, 0.4) is 0 Å². The van der Waals surface area contributed by atoms with Crippen molar-refractivity contribution in [1.82, 2.24) is 0 Å². The van der Waals surface area contributed by atoms with Gasteiger partial charge in [-0.2, -0.15) is 0 Å². The van der Waals surface area contributed by atoms with E-state index in [-0.39, 0.29) is 17.8 Å². The van der Waals surface area contributed by atoms with E-state index in [0.29, 0.717) is 13.0 Å². The second kappa shape index (κ2) is 7.17. The molecule has 0 heterocycles. The van der Waals surface area contributed by atoms with Gasteiger partial charge >= 0.3 is 5.97 Å². The monoisotopic (exact) mass is 341 g/mol. The molecule has 0 amide bonds. The molecule has 3 aromatic carbocycles. The van der Waals surface area contributed by atoms with Crippen molar-refractivity contribution in [1.29, 1.82) is 0 Å². The normalized spacial score (nSPS) is 13.7. The van der Waals surface area contributed by atoms with Crippen LogP contribution in [-0.2, 0) is 9.53 Å². The maximum absolute atomic E-state index is 12.7. The molecule has 1 aliphatic carbocycles. The van der Waals surface area contributed by atoms with Gasteiger partial charge in [-0.15, -0.1) is 0 Å². The average Bonchev–Trinajstić information content (AvgIpc) is 3.02. The van der Waals surface area contributed by atoms with E-state index in [2.05, 4.69) is 43.3 Å². The zero-order chi connectivity index (χ0) is 17.9. The van der Waals surface area contributed by atoms with Crippen LogP contribution in [0.2, 0.25) is 0 Å². The summed E-state index contributed by atoms with van der Waals surface area (Å²) in [4.78, 5) is 12.7. The topological polar surface area (TPSA) is 26.3 Å². The summed E-state index contributed by atoms with van der Waals surface area (Å²) in [5.41, 5.74) is 5.89. The molecule has 0 bridgehead atoms. The number of carbonyl (C=O) groups excluding carboxylic acids is 1. The quantitative estimate of drug-likeness (QED) is 0.585. The molecule has 0 spiro atoms. The van der Waals surface area contributed by atoms with Gasteiger partial charge in [0.2, 0.25) is 0 Å².